The minimum absolute atomic E-state index is 0.716. The van der Waals surface area contributed by atoms with Gasteiger partial charge in [-0.25, -0.2) is 0 Å². The molecule has 2 heteroatoms. The van der Waals surface area contributed by atoms with E-state index in [4.69, 9.17) is 0 Å². The van der Waals surface area contributed by atoms with E-state index in [1.165, 1.54) is 76.5 Å². The molecule has 1 nitrogen and oxygen atoms in total. The second-order valence-corrected chi connectivity index (χ2v) is 19.0. The lowest BCUT2D eigenvalue weighted by Gasteiger charge is -2.34. The van der Waals surface area contributed by atoms with Gasteiger partial charge in [0.15, 0.2) is 7.14 Å². The number of fused-ring (bicyclic) bond motifs is 9. The molecule has 0 amide bonds. The van der Waals surface area contributed by atoms with Crippen LogP contribution in [0.3, 0.4) is 0 Å². The van der Waals surface area contributed by atoms with E-state index in [0.717, 1.165) is 27.0 Å². The van der Waals surface area contributed by atoms with Crippen LogP contribution in [0.1, 0.15) is 22.3 Å². The molecule has 0 unspecified atom stereocenters. The molecule has 12 rings (SSSR count). The van der Waals surface area contributed by atoms with E-state index in [2.05, 4.69) is 176 Å². The first-order chi connectivity index (χ1) is 30.1. The predicted molar refractivity (Wildman–Crippen MR) is 259 cm³/mol. The molecule has 0 N–H and O–H groups in total. The Morgan fingerprint density at radius 1 is 0.328 bits per heavy atom. The molecule has 0 bridgehead atoms. The van der Waals surface area contributed by atoms with Crippen molar-refractivity contribution in [2.45, 2.75) is 5.41 Å². The van der Waals surface area contributed by atoms with E-state index in [-0.39, 0.29) is 0 Å². The van der Waals surface area contributed by atoms with Gasteiger partial charge in [0.05, 0.1) is 5.41 Å². The Labute approximate surface area is 355 Å². The second-order valence-electron chi connectivity index (χ2n) is 16.3. The Morgan fingerprint density at radius 3 is 1.46 bits per heavy atom. The molecule has 61 heavy (non-hydrogen) atoms. The minimum atomic E-state index is -3.30. The SMILES string of the molecule is O=P(c1ccccc1)(c1ccccc1)c1ccc2c(c1)C(c1ccccc1)(c1ccccc1)c1cc(-c3c4ccc5ccccc5c4cc4ccc5ccccc5c34)ccc1-2. The molecule has 0 saturated carbocycles. The van der Waals surface area contributed by atoms with Crippen molar-refractivity contribution in [2.24, 2.45) is 0 Å². The number of benzene rings is 11. The standard InChI is InChI=1S/C59H39OP/c60-61(46-23-9-3-10-24-46,47-25-11-4-12-26-47)48-33-36-52-51-34-32-43(38-55(51)59(56(52)39-48,44-19-5-1-6-20-44)45-21-7-2-8-22-45)58-53-35-31-40-17-13-15-27-49(40)54(53)37-42-30-29-41-18-14-16-28-50(41)57(42)58/h1-39H. The lowest BCUT2D eigenvalue weighted by atomic mass is 9.67. The zero-order valence-electron chi connectivity index (χ0n) is 33.4. The van der Waals surface area contributed by atoms with Gasteiger partial charge >= 0.3 is 0 Å². The Hall–Kier alpha value is -7.31. The van der Waals surface area contributed by atoms with Crippen molar-refractivity contribution in [3.63, 3.8) is 0 Å². The van der Waals surface area contributed by atoms with E-state index in [1.54, 1.807) is 0 Å². The van der Waals surface area contributed by atoms with Crippen LogP contribution >= 0.6 is 7.14 Å². The average Bonchev–Trinajstić information content (AvgIpc) is 3.63. The molecule has 0 aromatic heterocycles. The maximum Gasteiger partial charge on any atom is 0.171 e. The highest BCUT2D eigenvalue weighted by molar-refractivity contribution is 7.85. The Kier molecular flexibility index (Phi) is 8.11. The third-order valence-electron chi connectivity index (χ3n) is 13.2. The summed E-state index contributed by atoms with van der Waals surface area (Å²) in [5, 5.41) is 12.4. The van der Waals surface area contributed by atoms with Crippen LogP contribution in [0.5, 0.6) is 0 Å². The fourth-order valence-corrected chi connectivity index (χ4v) is 13.2. The highest BCUT2D eigenvalue weighted by Gasteiger charge is 2.47. The van der Waals surface area contributed by atoms with E-state index in [0.29, 0.717) is 0 Å². The van der Waals surface area contributed by atoms with Crippen molar-refractivity contribution in [2.75, 3.05) is 0 Å². The average molecular weight is 795 g/mol. The lowest BCUT2D eigenvalue weighted by molar-refractivity contribution is 0.592. The predicted octanol–water partition coefficient (Wildman–Crippen LogP) is 14.0. The van der Waals surface area contributed by atoms with Crippen LogP contribution in [-0.4, -0.2) is 0 Å². The van der Waals surface area contributed by atoms with Gasteiger partial charge in [-0.15, -0.1) is 0 Å². The molecule has 0 saturated heterocycles. The Bertz CT molecular complexity index is 3460. The number of rotatable bonds is 6. The van der Waals surface area contributed by atoms with Gasteiger partial charge in [0.2, 0.25) is 0 Å². The monoisotopic (exact) mass is 794 g/mol. The van der Waals surface area contributed by atoms with E-state index < -0.39 is 12.6 Å². The van der Waals surface area contributed by atoms with Gasteiger partial charge in [-0.05, 0) is 106 Å². The summed E-state index contributed by atoms with van der Waals surface area (Å²) in [7, 11) is -3.30. The van der Waals surface area contributed by atoms with Crippen LogP contribution in [0, 0.1) is 0 Å². The van der Waals surface area contributed by atoms with Gasteiger partial charge in [-0.1, -0.05) is 218 Å². The lowest BCUT2D eigenvalue weighted by Crippen LogP contribution is -2.31. The fourth-order valence-electron chi connectivity index (χ4n) is 10.5. The summed E-state index contributed by atoms with van der Waals surface area (Å²) in [6.07, 6.45) is 0. The molecule has 11 aromatic carbocycles. The van der Waals surface area contributed by atoms with Crippen molar-refractivity contribution in [3.8, 4) is 22.3 Å². The van der Waals surface area contributed by atoms with Crippen LogP contribution in [0.25, 0.3) is 65.3 Å². The number of hydrogen-bond acceptors (Lipinski definition) is 1. The summed E-state index contributed by atoms with van der Waals surface area (Å²) in [5.41, 5.74) is 8.74. The van der Waals surface area contributed by atoms with Crippen LogP contribution in [0.15, 0.2) is 237 Å². The van der Waals surface area contributed by atoms with Gasteiger partial charge in [0, 0.05) is 15.9 Å². The highest BCUT2D eigenvalue weighted by atomic mass is 31.2. The number of hydrogen-bond donors (Lipinski definition) is 0. The quantitative estimate of drug-likeness (QED) is 0.0931. The first-order valence-corrected chi connectivity index (χ1v) is 22.7. The summed E-state index contributed by atoms with van der Waals surface area (Å²) in [6, 6.07) is 84.8. The zero-order chi connectivity index (χ0) is 40.5. The molecule has 0 radical (unpaired) electrons. The Balaban J connectivity index is 1.20. The molecular weight excluding hydrogens is 756 g/mol. The van der Waals surface area contributed by atoms with E-state index >= 15 is 4.57 Å². The van der Waals surface area contributed by atoms with E-state index in [9.17, 15) is 0 Å². The van der Waals surface area contributed by atoms with Gasteiger partial charge < -0.3 is 4.57 Å². The second kappa shape index (κ2) is 13.9. The topological polar surface area (TPSA) is 17.1 Å². The molecule has 1 aliphatic carbocycles. The maximum atomic E-state index is 16.1. The summed E-state index contributed by atoms with van der Waals surface area (Å²) >= 11 is 0. The summed E-state index contributed by atoms with van der Waals surface area (Å²) < 4.78 is 16.1. The molecule has 0 atom stereocenters. The van der Waals surface area contributed by atoms with Crippen LogP contribution in [-0.2, 0) is 9.98 Å². The molecule has 0 fully saturated rings. The van der Waals surface area contributed by atoms with Crippen LogP contribution in [0.4, 0.5) is 0 Å². The molecule has 0 heterocycles. The normalized spacial score (nSPS) is 13.1. The molecule has 286 valence electrons. The van der Waals surface area contributed by atoms with Gasteiger partial charge in [-0.2, -0.15) is 0 Å². The third-order valence-corrected chi connectivity index (χ3v) is 16.2. The van der Waals surface area contributed by atoms with Crippen LogP contribution < -0.4 is 15.9 Å². The fraction of sp³-hybridized carbons (Fsp3) is 0.0169. The molecular formula is C59H39OP. The van der Waals surface area contributed by atoms with Crippen LogP contribution in [0.2, 0.25) is 0 Å². The first-order valence-electron chi connectivity index (χ1n) is 21.0. The van der Waals surface area contributed by atoms with Gasteiger partial charge in [0.1, 0.15) is 0 Å². The molecule has 0 spiro atoms. The van der Waals surface area contributed by atoms with Gasteiger partial charge in [-0.3, -0.25) is 0 Å². The molecule has 11 aromatic rings. The molecule has 0 aliphatic heterocycles. The van der Waals surface area contributed by atoms with Crippen molar-refractivity contribution in [1.29, 1.82) is 0 Å². The summed E-state index contributed by atoms with van der Waals surface area (Å²) in [6.45, 7) is 0. The highest BCUT2D eigenvalue weighted by Crippen LogP contribution is 2.58. The van der Waals surface area contributed by atoms with E-state index in [1.807, 2.05) is 60.7 Å². The molecule has 1 aliphatic rings. The largest absolute Gasteiger partial charge is 0.309 e. The first kappa shape index (κ1) is 35.6. The van der Waals surface area contributed by atoms with Crippen molar-refractivity contribution < 1.29 is 4.57 Å². The minimum Gasteiger partial charge on any atom is -0.309 e. The van der Waals surface area contributed by atoms with Crippen molar-refractivity contribution >= 4 is 66.1 Å². The Morgan fingerprint density at radius 2 is 0.820 bits per heavy atom. The zero-order valence-corrected chi connectivity index (χ0v) is 34.3. The summed E-state index contributed by atoms with van der Waals surface area (Å²) in [5.74, 6) is 0. The van der Waals surface area contributed by atoms with Gasteiger partial charge in [0.25, 0.3) is 0 Å². The summed E-state index contributed by atoms with van der Waals surface area (Å²) in [4.78, 5) is 0. The van der Waals surface area contributed by atoms with Crippen molar-refractivity contribution in [3.05, 3.63) is 259 Å². The third kappa shape index (κ3) is 5.24. The van der Waals surface area contributed by atoms with Crippen molar-refractivity contribution in [1.82, 2.24) is 0 Å². The maximum absolute atomic E-state index is 16.1. The smallest absolute Gasteiger partial charge is 0.171 e.